The van der Waals surface area contributed by atoms with Crippen LogP contribution in [0.2, 0.25) is 0 Å². The number of hydrogen-bond acceptors (Lipinski definition) is 9. The van der Waals surface area contributed by atoms with Crippen LogP contribution in [-0.2, 0) is 9.53 Å². The van der Waals surface area contributed by atoms with Gasteiger partial charge in [-0.2, -0.15) is 0 Å². The number of allylic oxidation sites excluding steroid dienone is 11. The van der Waals surface area contributed by atoms with E-state index in [0.717, 1.165) is 74.1 Å². The highest BCUT2D eigenvalue weighted by Crippen LogP contribution is 2.46. The lowest BCUT2D eigenvalue weighted by Gasteiger charge is -2.17. The van der Waals surface area contributed by atoms with E-state index in [1.807, 2.05) is 39.0 Å². The van der Waals surface area contributed by atoms with Crippen LogP contribution >= 0.6 is 0 Å². The molecule has 6 rings (SSSR count). The number of fused-ring (bicyclic) bond motifs is 5. The first kappa shape index (κ1) is 30.3. The molecule has 6 aliphatic rings. The number of azide groups is 1. The number of carbonyl (C=O) groups excluding carboxylic acids is 1. The molecular formula is C34H37N7O4. The topological polar surface area (TPSA) is 165 Å². The summed E-state index contributed by atoms with van der Waals surface area (Å²) in [5, 5.41) is 29.7. The molecule has 5 heterocycles. The molecule has 1 saturated heterocycles. The zero-order valence-electron chi connectivity index (χ0n) is 26.4. The number of carbonyl (C=O) groups is 1. The Morgan fingerprint density at radius 1 is 1.13 bits per heavy atom. The van der Waals surface area contributed by atoms with Crippen LogP contribution in [0.25, 0.3) is 10.4 Å². The SMILES string of the molecule is CCC1=C(C)C2=NC1=CC1=C(C)C3=C(O)CC(=C4NC(=CC5=NC(=C2)C(C(O)CN=[N+]=[N-])=C5C)[C@@H](C)[C@@H]4CCC(=O)OC)C3=N1. The maximum Gasteiger partial charge on any atom is 0.305 e. The number of aliphatic hydroxyl groups is 2. The molecule has 11 nitrogen and oxygen atoms in total. The van der Waals surface area contributed by atoms with Gasteiger partial charge in [-0.15, -0.1) is 0 Å². The summed E-state index contributed by atoms with van der Waals surface area (Å²) in [7, 11) is 1.39. The second-order valence-electron chi connectivity index (χ2n) is 12.1. The highest BCUT2D eigenvalue weighted by molar-refractivity contribution is 6.21. The molecule has 0 aromatic heterocycles. The third-order valence-electron chi connectivity index (χ3n) is 9.64. The van der Waals surface area contributed by atoms with Gasteiger partial charge in [-0.05, 0) is 79.7 Å². The predicted octanol–water partition coefficient (Wildman–Crippen LogP) is 6.28. The molecule has 0 saturated carbocycles. The molecule has 232 valence electrons. The van der Waals surface area contributed by atoms with Crippen molar-refractivity contribution in [1.29, 1.82) is 0 Å². The van der Waals surface area contributed by atoms with E-state index >= 15 is 0 Å². The highest BCUT2D eigenvalue weighted by atomic mass is 16.5. The number of nitrogens with one attached hydrogen (secondary N) is 1. The van der Waals surface area contributed by atoms with E-state index in [2.05, 4.69) is 29.2 Å². The van der Waals surface area contributed by atoms with Crippen LogP contribution in [0.3, 0.4) is 0 Å². The smallest absolute Gasteiger partial charge is 0.305 e. The third-order valence-corrected chi connectivity index (χ3v) is 9.64. The highest BCUT2D eigenvalue weighted by Gasteiger charge is 2.41. The fourth-order valence-electron chi connectivity index (χ4n) is 7.13. The standard InChI is InChI=1S/C34H37N7O4/c1-7-19-15(2)22-13-27-31(29(43)14-36-41-35)17(4)24(38-27)11-23-16(3)20(8-9-30(44)45-6)33(39-23)21-10-28(42)32-18(5)25(40-34(21)32)12-26(19)37-22/h11-13,16,20,29,39,42-43H,7-10,14H2,1-6H3/t16-,20-,29?/m0/s1. The summed E-state index contributed by atoms with van der Waals surface area (Å²) in [6.45, 7) is 9.99. The van der Waals surface area contributed by atoms with Crippen molar-refractivity contribution in [1.82, 2.24) is 5.32 Å². The van der Waals surface area contributed by atoms with E-state index in [4.69, 9.17) is 25.2 Å². The van der Waals surface area contributed by atoms with Crippen LogP contribution in [0.5, 0.6) is 0 Å². The zero-order valence-corrected chi connectivity index (χ0v) is 26.4. The molecule has 11 heteroatoms. The van der Waals surface area contributed by atoms with Gasteiger partial charge in [0.15, 0.2) is 0 Å². The average Bonchev–Trinajstić information content (AvgIpc) is 3.77. The van der Waals surface area contributed by atoms with Gasteiger partial charge in [0.1, 0.15) is 5.76 Å². The molecule has 0 aromatic rings. The molecule has 3 atom stereocenters. The van der Waals surface area contributed by atoms with Crippen LogP contribution < -0.4 is 5.32 Å². The molecule has 1 aliphatic carbocycles. The molecule has 1 fully saturated rings. The number of aliphatic imine (C=N–C) groups is 3. The van der Waals surface area contributed by atoms with Crippen molar-refractivity contribution < 1.29 is 19.7 Å². The van der Waals surface area contributed by atoms with E-state index in [9.17, 15) is 15.0 Å². The van der Waals surface area contributed by atoms with Gasteiger partial charge in [-0.3, -0.25) is 4.79 Å². The summed E-state index contributed by atoms with van der Waals surface area (Å²) >= 11 is 0. The van der Waals surface area contributed by atoms with Crippen molar-refractivity contribution in [3.8, 4) is 0 Å². The van der Waals surface area contributed by atoms with Crippen molar-refractivity contribution >= 4 is 23.1 Å². The molecule has 1 unspecified atom stereocenters. The fourth-order valence-corrected chi connectivity index (χ4v) is 7.13. The maximum atomic E-state index is 12.2. The van der Waals surface area contributed by atoms with Gasteiger partial charge in [0, 0.05) is 57.7 Å². The van der Waals surface area contributed by atoms with E-state index in [-0.39, 0.29) is 36.5 Å². The van der Waals surface area contributed by atoms with Gasteiger partial charge < -0.3 is 20.3 Å². The van der Waals surface area contributed by atoms with Gasteiger partial charge in [0.2, 0.25) is 0 Å². The van der Waals surface area contributed by atoms with E-state index < -0.39 is 6.10 Å². The molecule has 0 radical (unpaired) electrons. The number of nitrogens with zero attached hydrogens (tertiary/aromatic N) is 6. The molecule has 0 aromatic carbocycles. The second-order valence-corrected chi connectivity index (χ2v) is 12.1. The minimum absolute atomic E-state index is 0.0190. The van der Waals surface area contributed by atoms with Gasteiger partial charge in [0.05, 0.1) is 54.0 Å². The Hall–Kier alpha value is -4.73. The molecule has 45 heavy (non-hydrogen) atoms. The molecule has 3 N–H and O–H groups in total. The lowest BCUT2D eigenvalue weighted by molar-refractivity contribution is -0.140. The normalized spacial score (nSPS) is 24.3. The number of esters is 1. The number of aliphatic hydroxyl groups excluding tert-OH is 2. The number of hydrogen-bond donors (Lipinski definition) is 3. The largest absolute Gasteiger partial charge is 0.511 e. The van der Waals surface area contributed by atoms with E-state index in [1.165, 1.54) is 7.11 Å². The predicted molar refractivity (Wildman–Crippen MR) is 173 cm³/mol. The Kier molecular flexibility index (Phi) is 7.84. The third kappa shape index (κ3) is 5.02. The van der Waals surface area contributed by atoms with Crippen molar-refractivity contribution in [2.24, 2.45) is 31.9 Å². The minimum atomic E-state index is -1.05. The Labute approximate surface area is 261 Å². The van der Waals surface area contributed by atoms with Gasteiger partial charge in [-0.25, -0.2) is 15.0 Å². The lowest BCUT2D eigenvalue weighted by atomic mass is 9.86. The summed E-state index contributed by atoms with van der Waals surface area (Å²) in [5.41, 5.74) is 21.1. The summed E-state index contributed by atoms with van der Waals surface area (Å²) < 4.78 is 4.96. The number of rotatable bonds is 7. The Morgan fingerprint density at radius 3 is 2.58 bits per heavy atom. The van der Waals surface area contributed by atoms with Crippen molar-refractivity contribution in [3.05, 3.63) is 102 Å². The van der Waals surface area contributed by atoms with Crippen LogP contribution in [0.15, 0.2) is 112 Å². The lowest BCUT2D eigenvalue weighted by Crippen LogP contribution is -2.16. The summed E-state index contributed by atoms with van der Waals surface area (Å²) in [4.78, 5) is 30.1. The second kappa shape index (κ2) is 11.6. The zero-order chi connectivity index (χ0) is 32.2. The number of methoxy groups -OCH3 is 1. The van der Waals surface area contributed by atoms with Gasteiger partial charge in [0.25, 0.3) is 0 Å². The van der Waals surface area contributed by atoms with E-state index in [0.29, 0.717) is 29.8 Å². The first-order chi connectivity index (χ1) is 21.6. The monoisotopic (exact) mass is 607 g/mol. The number of ether oxygens (including phenoxy) is 1. The maximum absolute atomic E-state index is 12.2. The Morgan fingerprint density at radius 2 is 1.87 bits per heavy atom. The first-order valence-corrected chi connectivity index (χ1v) is 15.3. The average molecular weight is 608 g/mol. The van der Waals surface area contributed by atoms with Crippen molar-refractivity contribution in [2.75, 3.05) is 13.7 Å². The van der Waals surface area contributed by atoms with Crippen LogP contribution in [0.4, 0.5) is 0 Å². The van der Waals surface area contributed by atoms with Crippen LogP contribution in [0, 0.1) is 11.8 Å². The molecule has 0 amide bonds. The summed E-state index contributed by atoms with van der Waals surface area (Å²) in [6, 6.07) is 0. The quantitative estimate of drug-likeness (QED) is 0.134. The van der Waals surface area contributed by atoms with Gasteiger partial charge in [-0.1, -0.05) is 19.0 Å². The minimum Gasteiger partial charge on any atom is -0.511 e. The van der Waals surface area contributed by atoms with Crippen LogP contribution in [-0.4, -0.2) is 53.1 Å². The van der Waals surface area contributed by atoms with Crippen molar-refractivity contribution in [3.63, 3.8) is 0 Å². The molecule has 0 spiro atoms. The first-order valence-electron chi connectivity index (χ1n) is 15.3. The Balaban J connectivity index is 1.59. The Bertz CT molecular complexity index is 1830. The fraction of sp³-hybridized carbons (Fsp3) is 0.412. The van der Waals surface area contributed by atoms with Crippen LogP contribution in [0.1, 0.15) is 60.3 Å². The molecule has 5 aliphatic heterocycles. The molecular weight excluding hydrogens is 570 g/mol. The summed E-state index contributed by atoms with van der Waals surface area (Å²) in [5.74, 6) is -0.0767. The van der Waals surface area contributed by atoms with Crippen molar-refractivity contribution in [2.45, 2.75) is 66.4 Å². The summed E-state index contributed by atoms with van der Waals surface area (Å²) in [6.07, 6.45) is 6.71. The molecule has 8 bridgehead atoms. The van der Waals surface area contributed by atoms with Gasteiger partial charge >= 0.3 is 5.97 Å². The van der Waals surface area contributed by atoms with E-state index in [1.54, 1.807) is 0 Å².